The van der Waals surface area contributed by atoms with Crippen LogP contribution in [0.25, 0.3) is 32.7 Å². The Morgan fingerprint density at radius 1 is 0.386 bits per heavy atom. The molecule has 12 N–H and O–H groups in total. The zero-order valence-electron chi connectivity index (χ0n) is 47.1. The number of fused-ring (bicyclic) bond motifs is 9. The molecule has 3 aliphatic heterocycles. The first-order chi connectivity index (χ1) is 41.9. The number of hydrogen-bond acceptors (Lipinski definition) is 21. The molecule has 0 saturated heterocycles. The molecule has 24 heteroatoms. The van der Waals surface area contributed by atoms with Gasteiger partial charge < -0.3 is 77.0 Å². The number of nitrogen functional groups attached to an aromatic ring is 3. The van der Waals surface area contributed by atoms with Gasteiger partial charge in [0.1, 0.15) is 68.9 Å². The summed E-state index contributed by atoms with van der Waals surface area (Å²) in [6.07, 6.45) is 0. The number of hydrogen-bond donors (Lipinski definition) is 6. The van der Waals surface area contributed by atoms with Crippen LogP contribution < -0.4 is 77.0 Å². The summed E-state index contributed by atoms with van der Waals surface area (Å²) >= 11 is 10.5. The van der Waals surface area contributed by atoms with Crippen molar-refractivity contribution in [1.82, 2.24) is 15.0 Å². The monoisotopic (exact) mass is 1370 g/mol. The highest BCUT2D eigenvalue weighted by Gasteiger charge is 2.37. The zero-order chi connectivity index (χ0) is 62.1. The smallest absolute Gasteiger partial charge is 0.205 e. The third kappa shape index (κ3) is 11.3. The van der Waals surface area contributed by atoms with Crippen LogP contribution in [0.5, 0.6) is 51.7 Å². The molecular weight excluding hydrogens is 1320 g/mol. The minimum atomic E-state index is -0.465. The highest BCUT2D eigenvalue weighted by molar-refractivity contribution is 9.11. The fourth-order valence-electron chi connectivity index (χ4n) is 10.7. The van der Waals surface area contributed by atoms with E-state index in [0.717, 1.165) is 49.5 Å². The number of pyridine rings is 3. The first-order valence-electron chi connectivity index (χ1n) is 26.0. The number of nitrogens with two attached hydrogens (primary N) is 6. The van der Waals surface area contributed by atoms with Crippen LogP contribution in [-0.2, 0) is 0 Å². The van der Waals surface area contributed by atoms with Gasteiger partial charge in [-0.2, -0.15) is 15.8 Å². The van der Waals surface area contributed by atoms with Crippen molar-refractivity contribution in [3.05, 3.63) is 190 Å². The fraction of sp³-hybridized carbons (Fsp3) is 0.156. The number of rotatable bonds is 9. The maximum absolute atomic E-state index is 9.80. The van der Waals surface area contributed by atoms with Gasteiger partial charge in [0.05, 0.1) is 73.8 Å². The van der Waals surface area contributed by atoms with Crippen LogP contribution in [0.15, 0.2) is 157 Å². The summed E-state index contributed by atoms with van der Waals surface area (Å²) in [4.78, 5) is 13.3. The minimum Gasteiger partial charge on any atom is -0.493 e. The summed E-state index contributed by atoms with van der Waals surface area (Å²) in [6.45, 7) is 0. The van der Waals surface area contributed by atoms with Crippen molar-refractivity contribution in [3.63, 3.8) is 0 Å². The quantitative estimate of drug-likeness (QED) is 0.0782. The zero-order valence-corrected chi connectivity index (χ0v) is 51.8. The van der Waals surface area contributed by atoms with E-state index in [4.69, 9.17) is 77.0 Å². The molecule has 0 amide bonds. The molecule has 0 aliphatic carbocycles. The van der Waals surface area contributed by atoms with Gasteiger partial charge in [-0.25, -0.2) is 15.0 Å². The van der Waals surface area contributed by atoms with Gasteiger partial charge in [-0.3, -0.25) is 0 Å². The second kappa shape index (κ2) is 25.7. The van der Waals surface area contributed by atoms with Gasteiger partial charge in [-0.05, 0) is 137 Å². The molecular formula is C64H55Br3N12O9. The number of allylic oxidation sites excluding steroid dienone is 3. The van der Waals surface area contributed by atoms with Crippen molar-refractivity contribution in [2.45, 2.75) is 25.2 Å². The maximum Gasteiger partial charge on any atom is 0.205 e. The summed E-state index contributed by atoms with van der Waals surface area (Å²) in [7, 11) is 9.36. The predicted molar refractivity (Wildman–Crippen MR) is 345 cm³/mol. The second-order valence-corrected chi connectivity index (χ2v) is 21.9. The van der Waals surface area contributed by atoms with Crippen molar-refractivity contribution in [2.24, 2.45) is 17.2 Å². The number of ether oxygens (including phenoxy) is 9. The van der Waals surface area contributed by atoms with E-state index in [0.29, 0.717) is 116 Å². The Labute approximate surface area is 530 Å². The molecule has 0 bridgehead atoms. The number of benzene rings is 6. The summed E-state index contributed by atoms with van der Waals surface area (Å²) in [5, 5.41) is 32.0. The van der Waals surface area contributed by atoms with Crippen molar-refractivity contribution in [2.75, 3.05) is 59.9 Å². The van der Waals surface area contributed by atoms with Gasteiger partial charge >= 0.3 is 0 Å². The standard InChI is InChI=1S/3C21H17BrN4O3.CH4/c3*1-27-15-8-11(7-14(22)20(15)28-2)17-12-5-3-10-4-6-16(24)26-18(10)19(12)29-21(25)13(17)9-23;/h3*3-8,17H,25H2,1-2H3,(H2,24,26);1H4/t17-;;;/m0.../s1. The van der Waals surface area contributed by atoms with Crippen LogP contribution in [0.4, 0.5) is 17.5 Å². The number of methoxy groups -OCH3 is 6. The van der Waals surface area contributed by atoms with Gasteiger partial charge in [0.15, 0.2) is 51.7 Å². The Bertz CT molecular complexity index is 4100. The van der Waals surface area contributed by atoms with E-state index in [1.54, 1.807) is 60.9 Å². The van der Waals surface area contributed by atoms with Crippen LogP contribution >= 0.6 is 47.8 Å². The molecule has 12 rings (SSSR count). The maximum atomic E-state index is 9.80. The Balaban J connectivity index is 0.000000156. The Hall–Kier alpha value is -10.3. The summed E-state index contributed by atoms with van der Waals surface area (Å²) in [5.41, 5.74) is 43.4. The third-order valence-electron chi connectivity index (χ3n) is 14.6. The lowest BCUT2D eigenvalue weighted by Gasteiger charge is -2.27. The largest absolute Gasteiger partial charge is 0.493 e. The average Bonchev–Trinajstić information content (AvgIpc) is 1.63. The second-order valence-electron chi connectivity index (χ2n) is 19.4. The molecule has 3 atom stereocenters. The molecule has 0 saturated carbocycles. The van der Waals surface area contributed by atoms with E-state index in [1.165, 1.54) is 0 Å². The lowest BCUT2D eigenvalue weighted by molar-refractivity contribution is 0.352. The number of aromatic nitrogens is 3. The fourth-order valence-corrected chi connectivity index (χ4v) is 12.5. The number of halogens is 3. The highest BCUT2D eigenvalue weighted by atomic mass is 79.9. The molecule has 3 aromatic heterocycles. The van der Waals surface area contributed by atoms with Crippen molar-refractivity contribution in [3.8, 4) is 70.0 Å². The van der Waals surface area contributed by atoms with Crippen LogP contribution in [-0.4, -0.2) is 57.6 Å². The van der Waals surface area contributed by atoms with Crippen molar-refractivity contribution in [1.29, 1.82) is 15.8 Å². The number of anilines is 3. The van der Waals surface area contributed by atoms with Crippen LogP contribution in [0.2, 0.25) is 0 Å². The first kappa shape index (κ1) is 62.2. The molecule has 0 spiro atoms. The molecule has 2 unspecified atom stereocenters. The van der Waals surface area contributed by atoms with E-state index >= 15 is 0 Å². The molecule has 0 fully saturated rings. The molecule has 6 aromatic carbocycles. The summed E-state index contributed by atoms with van der Waals surface area (Å²) in [6, 6.07) is 39.9. The molecule has 21 nitrogen and oxygen atoms in total. The molecule has 9 aromatic rings. The molecule has 6 heterocycles. The highest BCUT2D eigenvalue weighted by Crippen LogP contribution is 2.52. The van der Waals surface area contributed by atoms with E-state index in [-0.39, 0.29) is 25.1 Å². The van der Waals surface area contributed by atoms with E-state index in [9.17, 15) is 15.8 Å². The lowest BCUT2D eigenvalue weighted by Crippen LogP contribution is -2.21. The van der Waals surface area contributed by atoms with E-state index < -0.39 is 17.8 Å². The third-order valence-corrected chi connectivity index (χ3v) is 16.3. The normalized spacial score (nSPS) is 15.3. The van der Waals surface area contributed by atoms with Gasteiger partial charge in [0.2, 0.25) is 17.6 Å². The lowest BCUT2D eigenvalue weighted by atomic mass is 9.83. The molecule has 88 heavy (non-hydrogen) atoms. The van der Waals surface area contributed by atoms with Gasteiger partial charge in [0, 0.05) is 32.8 Å². The van der Waals surface area contributed by atoms with Crippen LogP contribution in [0, 0.1) is 34.0 Å². The molecule has 0 radical (unpaired) electrons. The average molecular weight is 1380 g/mol. The summed E-state index contributed by atoms with van der Waals surface area (Å²) in [5.74, 6) is 4.56. The van der Waals surface area contributed by atoms with E-state index in [2.05, 4.69) is 80.9 Å². The molecule has 3 aliphatic rings. The first-order valence-corrected chi connectivity index (χ1v) is 28.4. The topological polar surface area (TPSA) is 349 Å². The Morgan fingerprint density at radius 2 is 0.636 bits per heavy atom. The van der Waals surface area contributed by atoms with Crippen molar-refractivity contribution < 1.29 is 42.6 Å². The van der Waals surface area contributed by atoms with Crippen LogP contribution in [0.1, 0.15) is 58.6 Å². The number of nitriles is 3. The van der Waals surface area contributed by atoms with Gasteiger partial charge in [-0.15, -0.1) is 0 Å². The summed E-state index contributed by atoms with van der Waals surface area (Å²) < 4.78 is 52.2. The van der Waals surface area contributed by atoms with Gasteiger partial charge in [0.25, 0.3) is 0 Å². The van der Waals surface area contributed by atoms with Gasteiger partial charge in [-0.1, -0.05) is 43.8 Å². The van der Waals surface area contributed by atoms with Crippen molar-refractivity contribution >= 4 is 98.0 Å². The minimum absolute atomic E-state index is 0. The Morgan fingerprint density at radius 3 is 0.864 bits per heavy atom. The van der Waals surface area contributed by atoms with E-state index in [1.807, 2.05) is 91.0 Å². The predicted octanol–water partition coefficient (Wildman–Crippen LogP) is 12.1. The SMILES string of the molecule is C.COc1cc(C2C(C#N)=C(N)Oc3c2ccc2ccc(N)nc32)cc(Br)c1OC.COc1cc(C2C(C#N)=C(N)Oc3c2ccc2ccc(N)nc32)cc(Br)c1OC.COc1cc([C@@H]2C(C#N)=C(N)Oc3c2ccc2ccc(N)nc32)cc(Br)c1OC. The Kier molecular flexibility index (Phi) is 18.2. The van der Waals surface area contributed by atoms with Crippen LogP contribution in [0.3, 0.4) is 0 Å². The number of nitrogens with zero attached hydrogens (tertiary/aromatic N) is 6. The molecule has 446 valence electrons.